The van der Waals surface area contributed by atoms with Gasteiger partial charge in [0, 0.05) is 17.8 Å². The second-order valence-corrected chi connectivity index (χ2v) is 7.73. The zero-order valence-corrected chi connectivity index (χ0v) is 17.1. The quantitative estimate of drug-likeness (QED) is 0.0872. The Morgan fingerprint density at radius 2 is 0.769 bits per heavy atom. The fourth-order valence-electron chi connectivity index (χ4n) is 3.47. The van der Waals surface area contributed by atoms with Crippen LogP contribution in [0.15, 0.2) is 0 Å². The van der Waals surface area contributed by atoms with Gasteiger partial charge in [-0.05, 0) is 12.8 Å². The van der Waals surface area contributed by atoms with Gasteiger partial charge < -0.3 is 4.79 Å². The van der Waals surface area contributed by atoms with Gasteiger partial charge >= 0.3 is 0 Å². The lowest BCUT2D eigenvalue weighted by atomic mass is 10.0. The Morgan fingerprint density at radius 1 is 0.500 bits per heavy atom. The van der Waals surface area contributed by atoms with E-state index in [0.29, 0.717) is 0 Å². The second-order valence-electron chi connectivity index (χ2n) is 7.73. The van der Waals surface area contributed by atoms with E-state index in [1.807, 2.05) is 0 Å². The van der Waals surface area contributed by atoms with Gasteiger partial charge in [0.2, 0.25) is 6.54 Å². The average molecular weight is 370 g/mol. The van der Waals surface area contributed by atoms with Gasteiger partial charge in [0.15, 0.2) is 0 Å². The van der Waals surface area contributed by atoms with Crippen LogP contribution in [-0.2, 0) is 4.79 Å². The fourth-order valence-corrected chi connectivity index (χ4v) is 3.47. The molecule has 4 heteroatoms. The first-order valence-corrected chi connectivity index (χ1v) is 11.3. The van der Waals surface area contributed by atoms with Gasteiger partial charge in [0.25, 0.3) is 0 Å². The molecule has 0 bridgehead atoms. The van der Waals surface area contributed by atoms with Crippen LogP contribution in [0.3, 0.4) is 0 Å². The van der Waals surface area contributed by atoms with E-state index >= 15 is 0 Å². The molecule has 0 unspecified atom stereocenters. The SMILES string of the molecule is O=CCCCCCCCCCCCCCCCCCCCCC[N+](=O)[O-]. The molecule has 0 aliphatic rings. The number of carbonyl (C=O) groups is 1. The van der Waals surface area contributed by atoms with Crippen molar-refractivity contribution in [2.45, 2.75) is 128 Å². The standard InChI is InChI=1S/C22H43NO3/c24-22-20-18-16-14-12-10-8-6-4-2-1-3-5-7-9-11-13-15-17-19-21-23(25)26/h22H,1-21H2. The summed E-state index contributed by atoms with van der Waals surface area (Å²) >= 11 is 0. The lowest BCUT2D eigenvalue weighted by Crippen LogP contribution is -1.99. The topological polar surface area (TPSA) is 60.2 Å². The van der Waals surface area contributed by atoms with E-state index in [9.17, 15) is 14.9 Å². The molecular weight excluding hydrogens is 326 g/mol. The van der Waals surface area contributed by atoms with Gasteiger partial charge in [0.1, 0.15) is 6.29 Å². The Balaban J connectivity index is 2.99. The van der Waals surface area contributed by atoms with Crippen LogP contribution >= 0.6 is 0 Å². The maximum Gasteiger partial charge on any atom is 0.203 e. The zero-order valence-electron chi connectivity index (χ0n) is 17.1. The van der Waals surface area contributed by atoms with Crippen molar-refractivity contribution < 1.29 is 9.72 Å². The van der Waals surface area contributed by atoms with E-state index < -0.39 is 0 Å². The number of hydrogen-bond acceptors (Lipinski definition) is 3. The molecule has 0 N–H and O–H groups in total. The first kappa shape index (κ1) is 25.1. The Morgan fingerprint density at radius 3 is 1.04 bits per heavy atom. The van der Waals surface area contributed by atoms with Gasteiger partial charge in [-0.25, -0.2) is 0 Å². The van der Waals surface area contributed by atoms with Crippen LogP contribution in [0.5, 0.6) is 0 Å². The summed E-state index contributed by atoms with van der Waals surface area (Å²) in [5.74, 6) is 0. The lowest BCUT2D eigenvalue weighted by molar-refractivity contribution is -0.480. The number of carbonyl (C=O) groups excluding carboxylic acids is 1. The van der Waals surface area contributed by atoms with Crippen molar-refractivity contribution in [1.82, 2.24) is 0 Å². The Hall–Kier alpha value is -0.930. The first-order valence-electron chi connectivity index (χ1n) is 11.3. The number of unbranched alkanes of at least 4 members (excludes halogenated alkanes) is 19. The summed E-state index contributed by atoms with van der Waals surface area (Å²) in [5, 5.41) is 10.2. The first-order chi connectivity index (χ1) is 12.8. The molecule has 0 radical (unpaired) electrons. The van der Waals surface area contributed by atoms with E-state index in [1.54, 1.807) is 0 Å². The second kappa shape index (κ2) is 22.1. The van der Waals surface area contributed by atoms with Gasteiger partial charge in [-0.3, -0.25) is 10.1 Å². The van der Waals surface area contributed by atoms with Crippen LogP contribution in [0.2, 0.25) is 0 Å². The number of nitrogens with zero attached hydrogens (tertiary/aromatic N) is 1. The third-order valence-corrected chi connectivity index (χ3v) is 5.16. The maximum absolute atomic E-state index is 10.2. The van der Waals surface area contributed by atoms with Crippen molar-refractivity contribution in [3.63, 3.8) is 0 Å². The smallest absolute Gasteiger partial charge is 0.203 e. The van der Waals surface area contributed by atoms with Gasteiger partial charge in [0.05, 0.1) is 0 Å². The molecule has 0 aromatic heterocycles. The third kappa shape index (κ3) is 23.1. The van der Waals surface area contributed by atoms with Crippen molar-refractivity contribution in [3.8, 4) is 0 Å². The van der Waals surface area contributed by atoms with Crippen molar-refractivity contribution in [3.05, 3.63) is 10.1 Å². The molecular formula is C22H43NO3. The molecule has 0 aromatic carbocycles. The highest BCUT2D eigenvalue weighted by atomic mass is 16.6. The summed E-state index contributed by atoms with van der Waals surface area (Å²) in [6.45, 7) is 0.141. The van der Waals surface area contributed by atoms with Crippen LogP contribution < -0.4 is 0 Å². The molecule has 154 valence electrons. The third-order valence-electron chi connectivity index (χ3n) is 5.16. The van der Waals surface area contributed by atoms with Crippen molar-refractivity contribution in [1.29, 1.82) is 0 Å². The summed E-state index contributed by atoms with van der Waals surface area (Å²) in [5.41, 5.74) is 0. The number of aldehydes is 1. The van der Waals surface area contributed by atoms with Crippen LogP contribution in [0, 0.1) is 10.1 Å². The van der Waals surface area contributed by atoms with Crippen molar-refractivity contribution in [2.75, 3.05) is 6.54 Å². The normalized spacial score (nSPS) is 10.9. The van der Waals surface area contributed by atoms with Crippen LogP contribution in [0.4, 0.5) is 0 Å². The molecule has 0 aliphatic heterocycles. The molecule has 0 aliphatic carbocycles. The van der Waals surface area contributed by atoms with Crippen LogP contribution in [-0.4, -0.2) is 17.8 Å². The molecule has 0 heterocycles. The van der Waals surface area contributed by atoms with E-state index in [-0.39, 0.29) is 11.5 Å². The maximum atomic E-state index is 10.2. The Kier molecular flexibility index (Phi) is 21.3. The molecule has 0 atom stereocenters. The molecule has 0 rings (SSSR count). The molecule has 0 aromatic rings. The Bertz CT molecular complexity index is 308. The summed E-state index contributed by atoms with van der Waals surface area (Å²) in [4.78, 5) is 20.2. The minimum absolute atomic E-state index is 0.141. The fraction of sp³-hybridized carbons (Fsp3) is 0.955. The van der Waals surface area contributed by atoms with Gasteiger partial charge in [-0.15, -0.1) is 0 Å². The highest BCUT2D eigenvalue weighted by molar-refractivity contribution is 5.48. The number of hydrogen-bond donors (Lipinski definition) is 0. The van der Waals surface area contributed by atoms with E-state index in [0.717, 1.165) is 38.4 Å². The van der Waals surface area contributed by atoms with Gasteiger partial charge in [-0.1, -0.05) is 103 Å². The molecule has 4 nitrogen and oxygen atoms in total. The van der Waals surface area contributed by atoms with E-state index in [2.05, 4.69) is 0 Å². The summed E-state index contributed by atoms with van der Waals surface area (Å²) < 4.78 is 0. The predicted molar refractivity (Wildman–Crippen MR) is 110 cm³/mol. The van der Waals surface area contributed by atoms with Gasteiger partial charge in [-0.2, -0.15) is 0 Å². The summed E-state index contributed by atoms with van der Waals surface area (Å²) in [6.07, 6.45) is 26.0. The summed E-state index contributed by atoms with van der Waals surface area (Å²) in [7, 11) is 0. The van der Waals surface area contributed by atoms with Crippen molar-refractivity contribution in [2.24, 2.45) is 0 Å². The highest BCUT2D eigenvalue weighted by Gasteiger charge is 1.97. The van der Waals surface area contributed by atoms with E-state index in [4.69, 9.17) is 0 Å². The Labute approximate surface area is 161 Å². The molecule has 0 amide bonds. The minimum Gasteiger partial charge on any atom is -0.303 e. The zero-order chi connectivity index (χ0) is 19.1. The van der Waals surface area contributed by atoms with E-state index in [1.165, 1.54) is 96.3 Å². The number of rotatable bonds is 22. The van der Waals surface area contributed by atoms with Crippen molar-refractivity contribution >= 4 is 6.29 Å². The van der Waals surface area contributed by atoms with Crippen LogP contribution in [0.1, 0.15) is 128 Å². The average Bonchev–Trinajstić information content (AvgIpc) is 2.62. The lowest BCUT2D eigenvalue weighted by Gasteiger charge is -2.03. The summed E-state index contributed by atoms with van der Waals surface area (Å²) in [6, 6.07) is 0. The minimum atomic E-state index is -0.208. The molecule has 26 heavy (non-hydrogen) atoms. The number of nitro groups is 1. The molecule has 0 saturated heterocycles. The highest BCUT2D eigenvalue weighted by Crippen LogP contribution is 2.14. The molecule has 0 saturated carbocycles. The monoisotopic (exact) mass is 369 g/mol. The molecule has 0 fully saturated rings. The van der Waals surface area contributed by atoms with Crippen LogP contribution in [0.25, 0.3) is 0 Å². The molecule has 0 spiro atoms. The largest absolute Gasteiger partial charge is 0.303 e. The predicted octanol–water partition coefficient (Wildman–Crippen LogP) is 7.26.